The second-order valence-electron chi connectivity index (χ2n) is 1.31. The zero-order valence-corrected chi connectivity index (χ0v) is 4.50. The molecule has 1 atom stereocenters. The number of hydrogen-bond acceptors (Lipinski definition) is 3. The maximum Gasteiger partial charge on any atom is 0.314 e. The van der Waals surface area contributed by atoms with E-state index in [1.807, 2.05) is 0 Å². The summed E-state index contributed by atoms with van der Waals surface area (Å²) in [6, 6.07) is -0.999. The van der Waals surface area contributed by atoms with E-state index in [0.29, 0.717) is 0 Å². The Morgan fingerprint density at radius 2 is 1.89 bits per heavy atom. The molecular weight excluding hydrogens is 126 g/mol. The molecule has 6 N–H and O–H groups in total. The Morgan fingerprint density at radius 1 is 1.44 bits per heavy atom. The first kappa shape index (κ1) is 7.70. The fourth-order valence-electron chi connectivity index (χ4n) is 0.206. The van der Waals surface area contributed by atoms with E-state index < -0.39 is 18.2 Å². The lowest BCUT2D eigenvalue weighted by molar-refractivity contribution is -0.126. The Labute approximate surface area is 50.8 Å². The third-order valence-corrected chi connectivity index (χ3v) is 0.548. The van der Waals surface area contributed by atoms with Gasteiger partial charge in [-0.05, 0) is 0 Å². The van der Waals surface area contributed by atoms with Gasteiger partial charge in [0.2, 0.25) is 6.23 Å². The molecule has 0 saturated carbocycles. The first-order chi connectivity index (χ1) is 4.04. The van der Waals surface area contributed by atoms with E-state index in [4.69, 9.17) is 5.11 Å². The lowest BCUT2D eigenvalue weighted by atomic mass is 10.5. The van der Waals surface area contributed by atoms with Crippen LogP contribution in [0.4, 0.5) is 4.79 Å². The van der Waals surface area contributed by atoms with Crippen molar-refractivity contribution in [2.24, 2.45) is 11.5 Å². The molecule has 3 amide bonds. The van der Waals surface area contributed by atoms with E-state index in [9.17, 15) is 9.59 Å². The molecule has 0 aliphatic rings. The van der Waals surface area contributed by atoms with Crippen LogP contribution < -0.4 is 16.8 Å². The van der Waals surface area contributed by atoms with E-state index in [2.05, 4.69) is 11.5 Å². The molecule has 0 saturated heterocycles. The van der Waals surface area contributed by atoms with Gasteiger partial charge in [-0.1, -0.05) is 0 Å². The van der Waals surface area contributed by atoms with Crippen LogP contribution in [0, 0.1) is 0 Å². The topological polar surface area (TPSA) is 118 Å². The van der Waals surface area contributed by atoms with Crippen molar-refractivity contribution in [1.82, 2.24) is 5.32 Å². The highest BCUT2D eigenvalue weighted by Gasteiger charge is 2.10. The first-order valence-electron chi connectivity index (χ1n) is 2.07. The zero-order chi connectivity index (χ0) is 7.44. The van der Waals surface area contributed by atoms with E-state index in [1.54, 1.807) is 5.32 Å². The van der Waals surface area contributed by atoms with Crippen molar-refractivity contribution in [3.8, 4) is 0 Å². The van der Waals surface area contributed by atoms with Crippen molar-refractivity contribution in [2.75, 3.05) is 0 Å². The highest BCUT2D eigenvalue weighted by atomic mass is 16.3. The van der Waals surface area contributed by atoms with E-state index >= 15 is 0 Å². The van der Waals surface area contributed by atoms with Gasteiger partial charge >= 0.3 is 6.03 Å². The summed E-state index contributed by atoms with van der Waals surface area (Å²) in [4.78, 5) is 19.8. The number of amides is 3. The highest BCUT2D eigenvalue weighted by Crippen LogP contribution is 1.70. The molecule has 0 rings (SSSR count). The van der Waals surface area contributed by atoms with Crippen molar-refractivity contribution in [3.63, 3.8) is 0 Å². The lowest BCUT2D eigenvalue weighted by Gasteiger charge is -2.04. The molecule has 0 radical (unpaired) electrons. The number of aliphatic hydroxyl groups excluding tert-OH is 1. The summed E-state index contributed by atoms with van der Waals surface area (Å²) < 4.78 is 0. The fraction of sp³-hybridized carbons (Fsp3) is 0.333. The zero-order valence-electron chi connectivity index (χ0n) is 4.50. The molecule has 0 fully saturated rings. The highest BCUT2D eigenvalue weighted by molar-refractivity contribution is 5.83. The predicted octanol–water partition coefficient (Wildman–Crippen LogP) is -2.54. The SMILES string of the molecule is NC(=O)NC(O)C(N)=O. The summed E-state index contributed by atoms with van der Waals surface area (Å²) in [6.45, 7) is 0. The fourth-order valence-corrected chi connectivity index (χ4v) is 0.206. The Bertz CT molecular complexity index is 134. The molecule has 1 unspecified atom stereocenters. The van der Waals surface area contributed by atoms with Gasteiger partial charge in [0.1, 0.15) is 0 Å². The summed E-state index contributed by atoms with van der Waals surface area (Å²) in [5.41, 5.74) is 9.04. The van der Waals surface area contributed by atoms with Gasteiger partial charge in [-0.3, -0.25) is 4.79 Å². The van der Waals surface area contributed by atoms with Crippen LogP contribution in [0.25, 0.3) is 0 Å². The molecular formula is C3H7N3O3. The minimum absolute atomic E-state index is 0.999. The predicted molar refractivity (Wildman–Crippen MR) is 27.9 cm³/mol. The van der Waals surface area contributed by atoms with Gasteiger partial charge in [0.15, 0.2) is 0 Å². The normalized spacial score (nSPS) is 12.1. The smallest absolute Gasteiger partial charge is 0.314 e. The average molecular weight is 133 g/mol. The number of aliphatic hydroxyl groups is 1. The molecule has 0 aromatic rings. The Kier molecular flexibility index (Phi) is 2.46. The summed E-state index contributed by atoms with van der Waals surface area (Å²) in [6.07, 6.45) is -1.69. The van der Waals surface area contributed by atoms with Crippen LogP contribution in [-0.2, 0) is 4.79 Å². The molecule has 52 valence electrons. The third-order valence-electron chi connectivity index (χ3n) is 0.548. The first-order valence-corrected chi connectivity index (χ1v) is 2.07. The molecule has 9 heavy (non-hydrogen) atoms. The monoisotopic (exact) mass is 133 g/mol. The molecule has 0 spiro atoms. The number of primary amides is 2. The number of carbonyl (C=O) groups is 2. The summed E-state index contributed by atoms with van der Waals surface area (Å²) in [5, 5.41) is 10.1. The van der Waals surface area contributed by atoms with Crippen molar-refractivity contribution in [3.05, 3.63) is 0 Å². The maximum absolute atomic E-state index is 9.94. The maximum atomic E-state index is 9.94. The number of hydrogen-bond donors (Lipinski definition) is 4. The molecule has 6 nitrogen and oxygen atoms in total. The van der Waals surface area contributed by atoms with Crippen molar-refractivity contribution in [2.45, 2.75) is 6.23 Å². The second-order valence-corrected chi connectivity index (χ2v) is 1.31. The lowest BCUT2D eigenvalue weighted by Crippen LogP contribution is -2.46. The van der Waals surface area contributed by atoms with E-state index in [0.717, 1.165) is 0 Å². The Hall–Kier alpha value is -1.30. The Balaban J connectivity index is 3.63. The largest absolute Gasteiger partial charge is 0.366 e. The minimum atomic E-state index is -1.69. The number of nitrogens with two attached hydrogens (primary N) is 2. The number of urea groups is 1. The van der Waals surface area contributed by atoms with Crippen LogP contribution in [0.5, 0.6) is 0 Å². The molecule has 0 bridgehead atoms. The molecule has 0 aliphatic heterocycles. The van der Waals surface area contributed by atoms with Crippen LogP contribution in [-0.4, -0.2) is 23.3 Å². The van der Waals surface area contributed by atoms with E-state index in [1.165, 1.54) is 0 Å². The molecule has 6 heteroatoms. The van der Waals surface area contributed by atoms with Gasteiger partial charge in [-0.15, -0.1) is 0 Å². The summed E-state index contributed by atoms with van der Waals surface area (Å²) in [5.74, 6) is -1.05. The van der Waals surface area contributed by atoms with Crippen LogP contribution in [0.2, 0.25) is 0 Å². The molecule has 0 heterocycles. The van der Waals surface area contributed by atoms with Gasteiger partial charge in [-0.2, -0.15) is 0 Å². The second kappa shape index (κ2) is 2.88. The van der Waals surface area contributed by atoms with Crippen LogP contribution >= 0.6 is 0 Å². The van der Waals surface area contributed by atoms with Crippen LogP contribution in [0.3, 0.4) is 0 Å². The number of rotatable bonds is 2. The minimum Gasteiger partial charge on any atom is -0.366 e. The standard InChI is InChI=1S/C3H7N3O3/c4-1(7)2(8)6-3(5)9/h2,8H,(H2,4,7)(H3,5,6,9). The summed E-state index contributed by atoms with van der Waals surface area (Å²) >= 11 is 0. The van der Waals surface area contributed by atoms with Crippen molar-refractivity contribution >= 4 is 11.9 Å². The molecule has 0 aromatic heterocycles. The molecule has 0 aromatic carbocycles. The van der Waals surface area contributed by atoms with Gasteiger partial charge in [0.25, 0.3) is 5.91 Å². The van der Waals surface area contributed by atoms with Gasteiger partial charge in [0, 0.05) is 0 Å². The number of nitrogens with one attached hydrogen (secondary N) is 1. The van der Waals surface area contributed by atoms with Gasteiger partial charge < -0.3 is 21.9 Å². The van der Waals surface area contributed by atoms with Crippen molar-refractivity contribution < 1.29 is 14.7 Å². The van der Waals surface area contributed by atoms with Crippen molar-refractivity contribution in [1.29, 1.82) is 0 Å². The average Bonchev–Trinajstić information content (AvgIpc) is 1.63. The molecule has 0 aliphatic carbocycles. The quantitative estimate of drug-likeness (QED) is 0.311. The van der Waals surface area contributed by atoms with Gasteiger partial charge in [0.05, 0.1) is 0 Å². The van der Waals surface area contributed by atoms with E-state index in [-0.39, 0.29) is 0 Å². The van der Waals surface area contributed by atoms with Crippen LogP contribution in [0.15, 0.2) is 0 Å². The Morgan fingerprint density at radius 3 is 2.00 bits per heavy atom. The van der Waals surface area contributed by atoms with Gasteiger partial charge in [-0.25, -0.2) is 4.79 Å². The summed E-state index contributed by atoms with van der Waals surface area (Å²) in [7, 11) is 0. The van der Waals surface area contributed by atoms with Crippen LogP contribution in [0.1, 0.15) is 0 Å². The number of carbonyl (C=O) groups excluding carboxylic acids is 2. The third kappa shape index (κ3) is 3.30.